The third-order valence-corrected chi connectivity index (χ3v) is 8.98. The molecule has 2 aromatic carbocycles. The molecule has 4 heterocycles. The van der Waals surface area contributed by atoms with Crippen LogP contribution < -0.4 is 5.32 Å². The van der Waals surface area contributed by atoms with Crippen LogP contribution in [-0.4, -0.2) is 52.7 Å². The van der Waals surface area contributed by atoms with Crippen LogP contribution in [0.5, 0.6) is 0 Å². The highest BCUT2D eigenvalue weighted by Gasteiger charge is 2.41. The Labute approximate surface area is 225 Å². The number of nitrogens with one attached hydrogen (secondary N) is 1. The van der Waals surface area contributed by atoms with Gasteiger partial charge in [0.05, 0.1) is 22.2 Å². The van der Waals surface area contributed by atoms with Crippen LogP contribution in [0.4, 0.5) is 10.3 Å². The Morgan fingerprint density at radius 3 is 2.51 bits per heavy atom. The third kappa shape index (κ3) is 4.82. The van der Waals surface area contributed by atoms with Gasteiger partial charge in [0.2, 0.25) is 16.0 Å². The molecular weight excluding hydrogens is 521 g/mol. The zero-order chi connectivity index (χ0) is 27.0. The van der Waals surface area contributed by atoms with Gasteiger partial charge in [-0.3, -0.25) is 4.90 Å². The fourth-order valence-corrected chi connectivity index (χ4v) is 6.50. The second-order valence-electron chi connectivity index (χ2n) is 9.43. The molecule has 198 valence electrons. The zero-order valence-electron chi connectivity index (χ0n) is 20.7. The molecule has 1 saturated heterocycles. The highest BCUT2D eigenvalue weighted by Crippen LogP contribution is 2.43. The predicted molar refractivity (Wildman–Crippen MR) is 140 cm³/mol. The average Bonchev–Trinajstić information content (AvgIpc) is 3.56. The van der Waals surface area contributed by atoms with Crippen molar-refractivity contribution in [1.82, 2.24) is 19.2 Å². The van der Waals surface area contributed by atoms with Crippen molar-refractivity contribution in [2.45, 2.75) is 35.9 Å². The van der Waals surface area contributed by atoms with Crippen molar-refractivity contribution in [3.8, 4) is 6.07 Å². The number of ether oxygens (including phenoxy) is 1. The lowest BCUT2D eigenvalue weighted by atomic mass is 9.97. The van der Waals surface area contributed by atoms with Gasteiger partial charge < -0.3 is 10.1 Å². The van der Waals surface area contributed by atoms with Crippen molar-refractivity contribution in [3.63, 3.8) is 0 Å². The standard InChI is InChI=1S/C27H24FN7O3S/c28-20-5-3-19(4-6-20)24-25(35-15-16-38-27(35)33-24)23-9-12-30-26(32-23)31-21-10-13-34(14-11-21)39(36,37)22-7-1-18(17-29)2-8-22/h1-9,12,15-16,21,24-25H,10-11,13-14H2,(H,30,31,32). The average molecular weight is 546 g/mol. The van der Waals surface area contributed by atoms with E-state index in [2.05, 4.69) is 10.3 Å². The van der Waals surface area contributed by atoms with Gasteiger partial charge in [0.15, 0.2) is 0 Å². The van der Waals surface area contributed by atoms with E-state index < -0.39 is 10.0 Å². The lowest BCUT2D eigenvalue weighted by Crippen LogP contribution is -2.42. The molecule has 2 atom stereocenters. The number of piperidine rings is 1. The van der Waals surface area contributed by atoms with Gasteiger partial charge >= 0.3 is 0 Å². The van der Waals surface area contributed by atoms with E-state index in [1.807, 2.05) is 17.0 Å². The van der Waals surface area contributed by atoms with Gasteiger partial charge in [-0.1, -0.05) is 12.1 Å². The molecule has 1 N–H and O–H groups in total. The van der Waals surface area contributed by atoms with Crippen LogP contribution in [0.15, 0.2) is 83.1 Å². The summed E-state index contributed by atoms with van der Waals surface area (Å²) >= 11 is 0. The van der Waals surface area contributed by atoms with Crippen molar-refractivity contribution in [1.29, 1.82) is 5.26 Å². The number of halogens is 1. The van der Waals surface area contributed by atoms with E-state index in [4.69, 9.17) is 20.0 Å². The van der Waals surface area contributed by atoms with E-state index in [0.717, 1.165) is 11.3 Å². The van der Waals surface area contributed by atoms with E-state index in [1.54, 1.807) is 30.8 Å². The minimum Gasteiger partial charge on any atom is -0.432 e. The number of anilines is 1. The highest BCUT2D eigenvalue weighted by molar-refractivity contribution is 7.89. The van der Waals surface area contributed by atoms with E-state index in [1.165, 1.54) is 40.7 Å². The number of sulfonamides is 1. The minimum absolute atomic E-state index is 0.00837. The Morgan fingerprint density at radius 2 is 1.79 bits per heavy atom. The van der Waals surface area contributed by atoms with Crippen LogP contribution in [0.2, 0.25) is 0 Å². The molecule has 0 amide bonds. The normalized spacial score (nSPS) is 21.2. The van der Waals surface area contributed by atoms with E-state index in [0.29, 0.717) is 43.5 Å². The van der Waals surface area contributed by atoms with E-state index in [9.17, 15) is 12.8 Å². The molecular formula is C27H24FN7O3S. The Bertz CT molecular complexity index is 1580. The highest BCUT2D eigenvalue weighted by atomic mass is 32.2. The number of fused-ring (bicyclic) bond motifs is 1. The molecule has 3 aliphatic heterocycles. The number of nitriles is 1. The molecule has 10 nitrogen and oxygen atoms in total. The maximum atomic E-state index is 13.5. The monoisotopic (exact) mass is 545 g/mol. The second kappa shape index (κ2) is 10.1. The first kappa shape index (κ1) is 25.0. The van der Waals surface area contributed by atoms with Gasteiger partial charge in [-0.25, -0.2) is 27.8 Å². The smallest absolute Gasteiger partial charge is 0.298 e. The number of hydrogen-bond donors (Lipinski definition) is 1. The lowest BCUT2D eigenvalue weighted by Gasteiger charge is -2.31. The Kier molecular flexibility index (Phi) is 6.46. The number of nitrogens with zero attached hydrogens (tertiary/aromatic N) is 6. The summed E-state index contributed by atoms with van der Waals surface area (Å²) in [5.41, 5.74) is 1.97. The van der Waals surface area contributed by atoms with Crippen LogP contribution in [0, 0.1) is 17.1 Å². The summed E-state index contributed by atoms with van der Waals surface area (Å²) in [7, 11) is -3.64. The third-order valence-electron chi connectivity index (χ3n) is 7.06. The predicted octanol–water partition coefficient (Wildman–Crippen LogP) is 3.71. The van der Waals surface area contributed by atoms with Crippen LogP contribution in [0.25, 0.3) is 0 Å². The number of hydrogen-bond acceptors (Lipinski definition) is 9. The van der Waals surface area contributed by atoms with Gasteiger partial charge in [-0.05, 0) is 60.9 Å². The lowest BCUT2D eigenvalue weighted by molar-refractivity contribution is 0.329. The molecule has 0 spiro atoms. The first-order chi connectivity index (χ1) is 18.9. The second-order valence-corrected chi connectivity index (χ2v) is 11.4. The quantitative estimate of drug-likeness (QED) is 0.497. The summed E-state index contributed by atoms with van der Waals surface area (Å²) in [6.45, 7) is 0.699. The summed E-state index contributed by atoms with van der Waals surface area (Å²) in [6.07, 6.45) is 6.20. The van der Waals surface area contributed by atoms with Gasteiger partial charge in [0.1, 0.15) is 24.2 Å². The number of aliphatic imine (C=N–C) groups is 1. The molecule has 12 heteroatoms. The summed E-state index contributed by atoms with van der Waals surface area (Å²) in [5, 5.41) is 12.3. The largest absolute Gasteiger partial charge is 0.432 e. The fraction of sp³-hybridized carbons (Fsp3) is 0.259. The van der Waals surface area contributed by atoms with Gasteiger partial charge in [0.25, 0.3) is 6.02 Å². The SMILES string of the molecule is N#Cc1ccc(S(=O)(=O)N2CCC(Nc3nccc(C4C(c5ccc(F)cc5)N=C5OC=CN54)n3)CC2)cc1. The summed E-state index contributed by atoms with van der Waals surface area (Å²) in [4.78, 5) is 15.9. The Balaban J connectivity index is 1.15. The molecule has 0 bridgehead atoms. The molecule has 0 aliphatic carbocycles. The van der Waals surface area contributed by atoms with Gasteiger partial charge in [0, 0.05) is 31.5 Å². The Hall–Kier alpha value is -4.34. The molecule has 1 fully saturated rings. The summed E-state index contributed by atoms with van der Waals surface area (Å²) in [6, 6.07) is 15.8. The van der Waals surface area contributed by atoms with Crippen LogP contribution in [0.1, 0.15) is 41.7 Å². The molecule has 2 unspecified atom stereocenters. The molecule has 3 aliphatic rings. The maximum absolute atomic E-state index is 13.5. The molecule has 3 aromatic rings. The number of benzene rings is 2. The topological polar surface area (TPSA) is 124 Å². The van der Waals surface area contributed by atoms with Crippen molar-refractivity contribution in [2.75, 3.05) is 18.4 Å². The van der Waals surface area contributed by atoms with Crippen molar-refractivity contribution in [3.05, 3.63) is 95.9 Å². The first-order valence-corrected chi connectivity index (χ1v) is 13.9. The van der Waals surface area contributed by atoms with Crippen molar-refractivity contribution < 1.29 is 17.5 Å². The van der Waals surface area contributed by atoms with Crippen LogP contribution >= 0.6 is 0 Å². The molecule has 1 aromatic heterocycles. The van der Waals surface area contributed by atoms with Crippen molar-refractivity contribution >= 4 is 22.0 Å². The maximum Gasteiger partial charge on any atom is 0.298 e. The van der Waals surface area contributed by atoms with Gasteiger partial charge in [-0.15, -0.1) is 0 Å². The zero-order valence-corrected chi connectivity index (χ0v) is 21.5. The fourth-order valence-electron chi connectivity index (χ4n) is 5.03. The molecule has 0 saturated carbocycles. The van der Waals surface area contributed by atoms with E-state index >= 15 is 0 Å². The number of rotatable bonds is 6. The van der Waals surface area contributed by atoms with Crippen LogP contribution in [0.3, 0.4) is 0 Å². The molecule has 6 rings (SSSR count). The molecule has 39 heavy (non-hydrogen) atoms. The number of amidine groups is 1. The van der Waals surface area contributed by atoms with Crippen molar-refractivity contribution in [2.24, 2.45) is 4.99 Å². The minimum atomic E-state index is -3.64. The Morgan fingerprint density at radius 1 is 1.05 bits per heavy atom. The first-order valence-electron chi connectivity index (χ1n) is 12.5. The summed E-state index contributed by atoms with van der Waals surface area (Å²) in [5.74, 6) is 0.123. The summed E-state index contributed by atoms with van der Waals surface area (Å²) < 4.78 is 46.6. The van der Waals surface area contributed by atoms with Crippen LogP contribution in [-0.2, 0) is 14.8 Å². The number of aromatic nitrogens is 2. The molecule has 0 radical (unpaired) electrons. The van der Waals surface area contributed by atoms with Gasteiger partial charge in [-0.2, -0.15) is 9.57 Å². The van der Waals surface area contributed by atoms with E-state index in [-0.39, 0.29) is 28.8 Å².